The van der Waals surface area contributed by atoms with Crippen LogP contribution in [0.5, 0.6) is 5.75 Å². The SMILES string of the molecule is O=C(S)CC1c2ccccc2COc2ccc(C=Cc3ccc4cc(F)c(F)cc4n3)cc21. The van der Waals surface area contributed by atoms with Crippen molar-refractivity contribution in [1.29, 1.82) is 0 Å². The lowest BCUT2D eigenvalue weighted by atomic mass is 9.85. The molecule has 0 saturated heterocycles. The third-order valence-corrected chi connectivity index (χ3v) is 5.98. The Labute approximate surface area is 195 Å². The van der Waals surface area contributed by atoms with Gasteiger partial charge < -0.3 is 4.74 Å². The van der Waals surface area contributed by atoms with Crippen LogP contribution in [0.3, 0.4) is 0 Å². The van der Waals surface area contributed by atoms with Crippen LogP contribution in [0.1, 0.15) is 40.3 Å². The van der Waals surface area contributed by atoms with Crippen LogP contribution in [0.25, 0.3) is 23.1 Å². The minimum atomic E-state index is -0.924. The summed E-state index contributed by atoms with van der Waals surface area (Å²) in [5.41, 5.74) is 4.94. The second-order valence-corrected chi connectivity index (χ2v) is 8.46. The fraction of sp³-hybridized carbons (Fsp3) is 0.111. The quantitative estimate of drug-likeness (QED) is 0.352. The van der Waals surface area contributed by atoms with Gasteiger partial charge in [-0.2, -0.15) is 0 Å². The van der Waals surface area contributed by atoms with Gasteiger partial charge in [0.1, 0.15) is 12.4 Å². The highest BCUT2D eigenvalue weighted by molar-refractivity contribution is 7.96. The van der Waals surface area contributed by atoms with Crippen molar-refractivity contribution in [2.45, 2.75) is 18.9 Å². The van der Waals surface area contributed by atoms with E-state index in [0.717, 1.165) is 40.1 Å². The molecule has 0 amide bonds. The number of ether oxygens (including phenoxy) is 1. The van der Waals surface area contributed by atoms with Gasteiger partial charge in [0, 0.05) is 29.4 Å². The van der Waals surface area contributed by atoms with Gasteiger partial charge in [-0.05, 0) is 47.0 Å². The van der Waals surface area contributed by atoms with Crippen LogP contribution in [-0.2, 0) is 11.4 Å². The standard InChI is InChI=1S/C27H19F2NO2S/c28-23-12-17-7-9-19(30-25(17)14-24(23)29)8-5-16-6-10-26-22(11-16)21(13-27(31)33)20-4-2-1-3-18(20)15-32-26/h1-12,14,21H,13,15H2,(H,31,33). The van der Waals surface area contributed by atoms with Crippen LogP contribution in [0.15, 0.2) is 66.7 Å². The molecule has 6 heteroatoms. The molecule has 164 valence electrons. The van der Waals surface area contributed by atoms with E-state index in [2.05, 4.69) is 17.6 Å². The lowest BCUT2D eigenvalue weighted by Crippen LogP contribution is -2.06. The molecule has 0 bridgehead atoms. The predicted octanol–water partition coefficient (Wildman–Crippen LogP) is 6.55. The van der Waals surface area contributed by atoms with E-state index in [-0.39, 0.29) is 17.5 Å². The number of pyridine rings is 1. The Morgan fingerprint density at radius 1 is 1.00 bits per heavy atom. The Balaban J connectivity index is 1.51. The molecule has 0 saturated carbocycles. The van der Waals surface area contributed by atoms with Crippen molar-refractivity contribution in [1.82, 2.24) is 4.98 Å². The van der Waals surface area contributed by atoms with Crippen molar-refractivity contribution in [3.05, 3.63) is 106 Å². The van der Waals surface area contributed by atoms with E-state index in [9.17, 15) is 13.6 Å². The highest BCUT2D eigenvalue weighted by Gasteiger charge is 2.26. The summed E-state index contributed by atoms with van der Waals surface area (Å²) in [4.78, 5) is 16.3. The Bertz CT molecular complexity index is 1420. The molecule has 1 aliphatic heterocycles. The first kappa shape index (κ1) is 21.3. The zero-order valence-corrected chi connectivity index (χ0v) is 18.4. The van der Waals surface area contributed by atoms with Crippen LogP contribution < -0.4 is 4.74 Å². The van der Waals surface area contributed by atoms with Gasteiger partial charge in [-0.15, -0.1) is 12.6 Å². The third kappa shape index (κ3) is 4.39. The number of benzene rings is 3. The smallest absolute Gasteiger partial charge is 0.186 e. The highest BCUT2D eigenvalue weighted by Crippen LogP contribution is 2.40. The van der Waals surface area contributed by atoms with E-state index in [1.165, 1.54) is 0 Å². The Morgan fingerprint density at radius 3 is 2.67 bits per heavy atom. The fourth-order valence-electron chi connectivity index (χ4n) is 4.21. The second-order valence-electron chi connectivity index (χ2n) is 7.96. The van der Waals surface area contributed by atoms with Gasteiger partial charge in [-0.3, -0.25) is 4.79 Å². The van der Waals surface area contributed by atoms with Crippen molar-refractivity contribution in [3.8, 4) is 5.75 Å². The number of hydrogen-bond donors (Lipinski definition) is 1. The van der Waals surface area contributed by atoms with E-state index < -0.39 is 11.6 Å². The number of nitrogens with zero attached hydrogens (tertiary/aromatic N) is 1. The van der Waals surface area contributed by atoms with Crippen molar-refractivity contribution < 1.29 is 18.3 Å². The Kier molecular flexibility index (Phi) is 5.68. The summed E-state index contributed by atoms with van der Waals surface area (Å²) in [6.07, 6.45) is 3.97. The van der Waals surface area contributed by atoms with Gasteiger partial charge in [0.15, 0.2) is 16.7 Å². The maximum atomic E-state index is 13.6. The number of fused-ring (bicyclic) bond motifs is 3. The lowest BCUT2D eigenvalue weighted by molar-refractivity contribution is -0.111. The number of thiol groups is 1. The van der Waals surface area contributed by atoms with Crippen molar-refractivity contribution >= 4 is 40.8 Å². The van der Waals surface area contributed by atoms with Gasteiger partial charge in [0.2, 0.25) is 0 Å². The average molecular weight is 460 g/mol. The summed E-state index contributed by atoms with van der Waals surface area (Å²) in [6, 6.07) is 19.5. The third-order valence-electron chi connectivity index (χ3n) is 5.80. The average Bonchev–Trinajstić information content (AvgIpc) is 2.95. The van der Waals surface area contributed by atoms with Gasteiger partial charge in [-0.25, -0.2) is 13.8 Å². The molecule has 0 radical (unpaired) electrons. The monoisotopic (exact) mass is 459 g/mol. The molecule has 5 rings (SSSR count). The van der Waals surface area contributed by atoms with E-state index >= 15 is 0 Å². The molecule has 1 aliphatic rings. The van der Waals surface area contributed by atoms with Gasteiger partial charge in [0.05, 0.1) is 11.2 Å². The van der Waals surface area contributed by atoms with E-state index in [1.807, 2.05) is 54.6 Å². The molecule has 1 aromatic heterocycles. The molecule has 0 spiro atoms. The van der Waals surface area contributed by atoms with Crippen molar-refractivity contribution in [3.63, 3.8) is 0 Å². The molecule has 4 aromatic rings. The van der Waals surface area contributed by atoms with Crippen molar-refractivity contribution in [2.75, 3.05) is 0 Å². The molecule has 1 atom stereocenters. The van der Waals surface area contributed by atoms with Crippen molar-refractivity contribution in [2.24, 2.45) is 0 Å². The molecule has 3 aromatic carbocycles. The number of rotatable bonds is 4. The summed E-state index contributed by atoms with van der Waals surface area (Å²) in [6.45, 7) is 0.438. The zero-order chi connectivity index (χ0) is 22.9. The highest BCUT2D eigenvalue weighted by atomic mass is 32.1. The normalized spacial score (nSPS) is 15.1. The fourth-order valence-corrected chi connectivity index (χ4v) is 4.39. The Hall–Kier alpha value is -3.51. The topological polar surface area (TPSA) is 39.2 Å². The first-order chi connectivity index (χ1) is 16.0. The Morgan fingerprint density at radius 2 is 1.82 bits per heavy atom. The van der Waals surface area contributed by atoms with Crippen LogP contribution in [0.4, 0.5) is 8.78 Å². The van der Waals surface area contributed by atoms with Crippen LogP contribution in [-0.4, -0.2) is 10.1 Å². The molecule has 33 heavy (non-hydrogen) atoms. The maximum Gasteiger partial charge on any atom is 0.186 e. The molecule has 0 N–H and O–H groups in total. The van der Waals surface area contributed by atoms with Crippen LogP contribution in [0.2, 0.25) is 0 Å². The summed E-state index contributed by atoms with van der Waals surface area (Å²) >= 11 is 4.03. The van der Waals surface area contributed by atoms with E-state index in [4.69, 9.17) is 4.74 Å². The van der Waals surface area contributed by atoms with Gasteiger partial charge in [0.25, 0.3) is 0 Å². The van der Waals surface area contributed by atoms with Crippen LogP contribution in [0, 0.1) is 11.6 Å². The van der Waals surface area contributed by atoms with E-state index in [0.29, 0.717) is 23.2 Å². The summed E-state index contributed by atoms with van der Waals surface area (Å²) in [5, 5.41) is 0.346. The molecule has 2 heterocycles. The summed E-state index contributed by atoms with van der Waals surface area (Å²) in [7, 11) is 0. The predicted molar refractivity (Wildman–Crippen MR) is 128 cm³/mol. The number of carbonyl (C=O) groups is 1. The largest absolute Gasteiger partial charge is 0.489 e. The molecule has 0 fully saturated rings. The first-order valence-electron chi connectivity index (χ1n) is 10.5. The molecule has 3 nitrogen and oxygen atoms in total. The molecule has 1 unspecified atom stereocenters. The number of hydrogen-bond acceptors (Lipinski definition) is 3. The summed E-state index contributed by atoms with van der Waals surface area (Å²) in [5.74, 6) is -1.24. The number of carbonyl (C=O) groups excluding carboxylic acids is 1. The van der Waals surface area contributed by atoms with E-state index in [1.54, 1.807) is 12.1 Å². The molecular weight excluding hydrogens is 440 g/mol. The van der Waals surface area contributed by atoms with Gasteiger partial charge >= 0.3 is 0 Å². The molecular formula is C27H19F2NO2S. The minimum Gasteiger partial charge on any atom is -0.489 e. The second kappa shape index (κ2) is 8.79. The van der Waals surface area contributed by atoms with Crippen LogP contribution >= 0.6 is 12.6 Å². The lowest BCUT2D eigenvalue weighted by Gasteiger charge is -2.18. The molecule has 0 aliphatic carbocycles. The summed E-state index contributed by atoms with van der Waals surface area (Å²) < 4.78 is 33.1. The minimum absolute atomic E-state index is 0.159. The zero-order valence-electron chi connectivity index (χ0n) is 17.5. The van der Waals surface area contributed by atoms with Gasteiger partial charge in [-0.1, -0.05) is 42.5 Å². The number of aromatic nitrogens is 1. The maximum absolute atomic E-state index is 13.6. The first-order valence-corrected chi connectivity index (χ1v) is 10.9. The number of halogens is 2.